The first-order valence-electron chi connectivity index (χ1n) is 9.17. The van der Waals surface area contributed by atoms with Gasteiger partial charge in [-0.05, 0) is 24.3 Å². The number of nitrogens with one attached hydrogen (secondary N) is 1. The smallest absolute Gasteiger partial charge is 0.354 e. The van der Waals surface area contributed by atoms with Gasteiger partial charge < -0.3 is 15.0 Å². The highest BCUT2D eigenvalue weighted by Crippen LogP contribution is 2.44. The monoisotopic (exact) mass is 393 g/mol. The summed E-state index contributed by atoms with van der Waals surface area (Å²) in [4.78, 5) is 53.3. The average Bonchev–Trinajstić information content (AvgIpc) is 3.09. The number of para-hydroxylation sites is 2. The first kappa shape index (κ1) is 18.7. The lowest BCUT2D eigenvalue weighted by molar-refractivity contribution is -0.158. The molecule has 2 aromatic rings. The molecule has 148 valence electrons. The van der Waals surface area contributed by atoms with E-state index in [4.69, 9.17) is 4.74 Å². The molecule has 3 amide bonds. The topological polar surface area (TPSA) is 96.0 Å². The van der Waals surface area contributed by atoms with Crippen molar-refractivity contribution in [2.75, 3.05) is 23.9 Å². The van der Waals surface area contributed by atoms with Gasteiger partial charge in [0.05, 0.1) is 11.3 Å². The lowest BCUT2D eigenvalue weighted by atomic mass is 9.97. The molecule has 1 fully saturated rings. The maximum Gasteiger partial charge on any atom is 0.354 e. The summed E-state index contributed by atoms with van der Waals surface area (Å²) in [6, 6.07) is 15.4. The molecular formula is C21H19N3O5. The summed E-state index contributed by atoms with van der Waals surface area (Å²) in [5, 5.41) is 2.62. The number of fused-ring (bicyclic) bond motifs is 3. The number of hydrogen-bond donors (Lipinski definition) is 1. The number of anilines is 2. The molecule has 4 rings (SSSR count). The van der Waals surface area contributed by atoms with Crippen LogP contribution in [0.1, 0.15) is 23.2 Å². The third-order valence-corrected chi connectivity index (χ3v) is 5.26. The molecule has 0 bridgehead atoms. The molecule has 0 aromatic heterocycles. The standard InChI is InChI=1S/C21H19N3O5/c1-23-19(27)15-9-5-6-10-16(15)24-18(26)11-12-21(23,24)20(28)29-13-17(25)22-14-7-3-2-4-8-14/h2-10H,11-13H2,1H3,(H,22,25)/t21-/m0/s1. The molecule has 8 heteroatoms. The normalized spacial score (nSPS) is 20.2. The van der Waals surface area contributed by atoms with Gasteiger partial charge in [0, 0.05) is 25.6 Å². The van der Waals surface area contributed by atoms with Gasteiger partial charge in [0.25, 0.3) is 11.8 Å². The van der Waals surface area contributed by atoms with Crippen LogP contribution in [0, 0.1) is 0 Å². The van der Waals surface area contributed by atoms with Gasteiger partial charge in [-0.2, -0.15) is 0 Å². The van der Waals surface area contributed by atoms with E-state index in [-0.39, 0.29) is 24.7 Å². The third kappa shape index (κ3) is 2.93. The number of carbonyl (C=O) groups excluding carboxylic acids is 4. The molecular weight excluding hydrogens is 374 g/mol. The number of likely N-dealkylation sites (N-methyl/N-ethyl adjacent to an activating group) is 1. The van der Waals surface area contributed by atoms with Crippen LogP contribution in [0.5, 0.6) is 0 Å². The van der Waals surface area contributed by atoms with Crippen LogP contribution in [0.15, 0.2) is 54.6 Å². The molecule has 0 aliphatic carbocycles. The van der Waals surface area contributed by atoms with E-state index in [1.807, 2.05) is 6.07 Å². The zero-order chi connectivity index (χ0) is 20.6. The van der Waals surface area contributed by atoms with E-state index in [9.17, 15) is 19.2 Å². The number of carbonyl (C=O) groups is 4. The Balaban J connectivity index is 1.57. The molecule has 1 saturated heterocycles. The van der Waals surface area contributed by atoms with Crippen molar-refractivity contribution in [3.63, 3.8) is 0 Å². The fourth-order valence-electron chi connectivity index (χ4n) is 3.86. The van der Waals surface area contributed by atoms with Crippen LogP contribution >= 0.6 is 0 Å². The van der Waals surface area contributed by atoms with Crippen LogP contribution in [-0.2, 0) is 19.1 Å². The summed E-state index contributed by atoms with van der Waals surface area (Å²) in [5.41, 5.74) is -0.294. The molecule has 0 saturated carbocycles. The maximum atomic E-state index is 13.1. The van der Waals surface area contributed by atoms with Crippen molar-refractivity contribution < 1.29 is 23.9 Å². The summed E-state index contributed by atoms with van der Waals surface area (Å²) in [6.45, 7) is -0.527. The van der Waals surface area contributed by atoms with Crippen LogP contribution in [0.25, 0.3) is 0 Å². The summed E-state index contributed by atoms with van der Waals surface area (Å²) in [6.07, 6.45) is 0.193. The van der Waals surface area contributed by atoms with Crippen LogP contribution in [0.3, 0.4) is 0 Å². The number of benzene rings is 2. The van der Waals surface area contributed by atoms with Gasteiger partial charge in [-0.1, -0.05) is 30.3 Å². The highest BCUT2D eigenvalue weighted by Gasteiger charge is 2.60. The molecule has 2 aliphatic rings. The average molecular weight is 393 g/mol. The van der Waals surface area contributed by atoms with E-state index in [0.717, 1.165) is 0 Å². The number of hydrogen-bond acceptors (Lipinski definition) is 5. The van der Waals surface area contributed by atoms with Crippen LogP contribution in [-0.4, -0.2) is 47.9 Å². The molecule has 8 nitrogen and oxygen atoms in total. The Bertz CT molecular complexity index is 1010. The minimum absolute atomic E-state index is 0.0945. The summed E-state index contributed by atoms with van der Waals surface area (Å²) in [5.74, 6) is -1.97. The number of esters is 1. The Morgan fingerprint density at radius 1 is 1.07 bits per heavy atom. The zero-order valence-electron chi connectivity index (χ0n) is 15.8. The van der Waals surface area contributed by atoms with Crippen molar-refractivity contribution in [1.82, 2.24) is 4.90 Å². The zero-order valence-corrected chi connectivity index (χ0v) is 15.8. The van der Waals surface area contributed by atoms with Crippen LogP contribution in [0.2, 0.25) is 0 Å². The second kappa shape index (κ2) is 7.05. The van der Waals surface area contributed by atoms with Gasteiger partial charge in [-0.25, -0.2) is 4.79 Å². The fraction of sp³-hybridized carbons (Fsp3) is 0.238. The molecule has 29 heavy (non-hydrogen) atoms. The van der Waals surface area contributed by atoms with Crippen molar-refractivity contribution in [2.24, 2.45) is 0 Å². The molecule has 2 aromatic carbocycles. The predicted octanol–water partition coefficient (Wildman–Crippen LogP) is 1.78. The summed E-state index contributed by atoms with van der Waals surface area (Å²) >= 11 is 0. The van der Waals surface area contributed by atoms with E-state index in [2.05, 4.69) is 5.32 Å². The SMILES string of the molecule is CN1C(=O)c2ccccc2N2C(=O)CC[C@]12C(=O)OCC(=O)Nc1ccccc1. The molecule has 0 radical (unpaired) electrons. The van der Waals surface area contributed by atoms with Crippen molar-refractivity contribution in [3.8, 4) is 0 Å². The maximum absolute atomic E-state index is 13.1. The van der Waals surface area contributed by atoms with E-state index in [1.54, 1.807) is 48.5 Å². The van der Waals surface area contributed by atoms with Gasteiger partial charge in [0.15, 0.2) is 6.61 Å². The Kier molecular flexibility index (Phi) is 4.54. The Hall–Kier alpha value is -3.68. The number of nitrogens with zero attached hydrogens (tertiary/aromatic N) is 2. The highest BCUT2D eigenvalue weighted by atomic mass is 16.5. The Morgan fingerprint density at radius 3 is 2.52 bits per heavy atom. The molecule has 0 unspecified atom stereocenters. The summed E-state index contributed by atoms with van der Waals surface area (Å²) < 4.78 is 5.26. The quantitative estimate of drug-likeness (QED) is 0.799. The lowest BCUT2D eigenvalue weighted by Gasteiger charge is -2.46. The first-order chi connectivity index (χ1) is 13.9. The first-order valence-corrected chi connectivity index (χ1v) is 9.17. The van der Waals surface area contributed by atoms with Gasteiger partial charge in [-0.15, -0.1) is 0 Å². The minimum Gasteiger partial charge on any atom is -0.452 e. The predicted molar refractivity (Wildman–Crippen MR) is 104 cm³/mol. The highest BCUT2D eigenvalue weighted by molar-refractivity contribution is 6.15. The molecule has 2 heterocycles. The van der Waals surface area contributed by atoms with Gasteiger partial charge in [0.2, 0.25) is 11.6 Å². The van der Waals surface area contributed by atoms with Crippen molar-refractivity contribution in [1.29, 1.82) is 0 Å². The fourth-order valence-corrected chi connectivity index (χ4v) is 3.86. The second-order valence-corrected chi connectivity index (χ2v) is 6.92. The molecule has 1 atom stereocenters. The van der Waals surface area contributed by atoms with E-state index < -0.39 is 24.1 Å². The van der Waals surface area contributed by atoms with Gasteiger partial charge in [0.1, 0.15) is 0 Å². The van der Waals surface area contributed by atoms with Crippen LogP contribution in [0.4, 0.5) is 11.4 Å². The minimum atomic E-state index is -1.59. The Morgan fingerprint density at radius 2 is 1.76 bits per heavy atom. The van der Waals surface area contributed by atoms with E-state index in [0.29, 0.717) is 16.9 Å². The van der Waals surface area contributed by atoms with E-state index in [1.165, 1.54) is 16.8 Å². The molecule has 0 spiro atoms. The van der Waals surface area contributed by atoms with Crippen molar-refractivity contribution in [3.05, 3.63) is 60.2 Å². The third-order valence-electron chi connectivity index (χ3n) is 5.26. The van der Waals surface area contributed by atoms with Gasteiger partial charge >= 0.3 is 5.97 Å². The molecule has 1 N–H and O–H groups in total. The largest absolute Gasteiger partial charge is 0.452 e. The van der Waals surface area contributed by atoms with Crippen molar-refractivity contribution >= 4 is 35.1 Å². The second-order valence-electron chi connectivity index (χ2n) is 6.92. The number of ether oxygens (including phenoxy) is 1. The number of rotatable bonds is 4. The lowest BCUT2D eigenvalue weighted by Crippen LogP contribution is -2.67. The molecule has 2 aliphatic heterocycles. The summed E-state index contributed by atoms with van der Waals surface area (Å²) in [7, 11) is 1.47. The van der Waals surface area contributed by atoms with Crippen molar-refractivity contribution in [2.45, 2.75) is 18.5 Å². The van der Waals surface area contributed by atoms with Crippen LogP contribution < -0.4 is 10.2 Å². The number of amides is 3. The van der Waals surface area contributed by atoms with E-state index >= 15 is 0 Å². The Labute approximate surface area is 167 Å². The van der Waals surface area contributed by atoms with Gasteiger partial charge in [-0.3, -0.25) is 19.3 Å².